The topological polar surface area (TPSA) is 32.6 Å². The van der Waals surface area contributed by atoms with E-state index in [4.69, 9.17) is 5.21 Å². The fourth-order valence-electron chi connectivity index (χ4n) is 1.36. The van der Waals surface area contributed by atoms with Gasteiger partial charge in [0.05, 0.1) is 5.71 Å². The fourth-order valence-corrected chi connectivity index (χ4v) is 1.36. The highest BCUT2D eigenvalue weighted by Gasteiger charge is 2.20. The highest BCUT2D eigenvalue weighted by atomic mass is 16.4. The zero-order chi connectivity index (χ0) is 10.7. The third-order valence-corrected chi connectivity index (χ3v) is 1.61. The predicted molar refractivity (Wildman–Crippen MR) is 57.4 cm³/mol. The highest BCUT2D eigenvalue weighted by Crippen LogP contribution is 2.26. The van der Waals surface area contributed by atoms with Crippen molar-refractivity contribution in [2.24, 2.45) is 16.0 Å². The normalized spacial score (nSPS) is 12.8. The maximum atomic E-state index is 8.84. The molecule has 0 atom stereocenters. The van der Waals surface area contributed by atoms with Crippen molar-refractivity contribution >= 4 is 5.71 Å². The van der Waals surface area contributed by atoms with Crippen LogP contribution in [0.25, 0.3) is 0 Å². The lowest BCUT2D eigenvalue weighted by atomic mass is 9.82. The lowest BCUT2D eigenvalue weighted by Crippen LogP contribution is -2.19. The predicted octanol–water partition coefficient (Wildman–Crippen LogP) is 3.69. The number of hydrogen-bond acceptors (Lipinski definition) is 2. The summed E-state index contributed by atoms with van der Waals surface area (Å²) in [7, 11) is 0. The van der Waals surface area contributed by atoms with Gasteiger partial charge in [0.2, 0.25) is 0 Å². The van der Waals surface area contributed by atoms with E-state index >= 15 is 0 Å². The molecular weight excluding hydrogens is 162 g/mol. The number of rotatable bonds is 2. The average molecular weight is 185 g/mol. The Hall–Kier alpha value is -0.530. The van der Waals surface area contributed by atoms with Crippen LogP contribution in [0.4, 0.5) is 0 Å². The Labute approximate surface area is 82.0 Å². The number of nitrogens with zero attached hydrogens (tertiary/aromatic N) is 1. The average Bonchev–Trinajstić information content (AvgIpc) is 1.79. The molecule has 0 fully saturated rings. The second-order valence-corrected chi connectivity index (χ2v) is 6.14. The Kier molecular flexibility index (Phi) is 3.95. The van der Waals surface area contributed by atoms with Gasteiger partial charge in [0, 0.05) is 0 Å². The Bertz CT molecular complexity index is 163. The van der Waals surface area contributed by atoms with E-state index in [9.17, 15) is 0 Å². The van der Waals surface area contributed by atoms with E-state index in [1.165, 1.54) is 0 Å². The first kappa shape index (κ1) is 12.5. The molecule has 2 nitrogen and oxygen atoms in total. The molecule has 0 aromatic heterocycles. The van der Waals surface area contributed by atoms with Gasteiger partial charge in [-0.05, 0) is 23.7 Å². The number of oxime groups is 1. The molecule has 0 aliphatic carbocycles. The van der Waals surface area contributed by atoms with Crippen molar-refractivity contribution in [2.45, 2.75) is 54.4 Å². The van der Waals surface area contributed by atoms with E-state index in [0.29, 0.717) is 0 Å². The maximum Gasteiger partial charge on any atom is 0.0581 e. The van der Waals surface area contributed by atoms with Gasteiger partial charge in [-0.2, -0.15) is 0 Å². The van der Waals surface area contributed by atoms with E-state index in [0.717, 1.165) is 18.6 Å². The van der Waals surface area contributed by atoms with Crippen molar-refractivity contribution < 1.29 is 5.21 Å². The number of hydrogen-bond donors (Lipinski definition) is 1. The Balaban J connectivity index is 4.24. The molecule has 1 N–H and O–H groups in total. The molecule has 0 aliphatic rings. The minimum atomic E-state index is 0.201. The van der Waals surface area contributed by atoms with Crippen LogP contribution in [-0.2, 0) is 0 Å². The molecule has 0 aliphatic heterocycles. The third kappa shape index (κ3) is 7.82. The van der Waals surface area contributed by atoms with Crippen LogP contribution in [0.1, 0.15) is 54.4 Å². The molecule has 0 aromatic rings. The summed E-state index contributed by atoms with van der Waals surface area (Å²) in [5.74, 6) is 0. The van der Waals surface area contributed by atoms with E-state index in [2.05, 4.69) is 46.7 Å². The molecule has 0 unspecified atom stereocenters. The van der Waals surface area contributed by atoms with Crippen LogP contribution in [-0.4, -0.2) is 10.9 Å². The maximum absolute atomic E-state index is 8.84. The monoisotopic (exact) mass is 185 g/mol. The summed E-state index contributed by atoms with van der Waals surface area (Å²) in [6, 6.07) is 0. The summed E-state index contributed by atoms with van der Waals surface area (Å²) >= 11 is 0. The van der Waals surface area contributed by atoms with Gasteiger partial charge < -0.3 is 5.21 Å². The first-order valence-electron chi connectivity index (χ1n) is 4.84. The summed E-state index contributed by atoms with van der Waals surface area (Å²) < 4.78 is 0. The van der Waals surface area contributed by atoms with Gasteiger partial charge >= 0.3 is 0 Å². The van der Waals surface area contributed by atoms with Crippen LogP contribution in [0, 0.1) is 10.8 Å². The van der Waals surface area contributed by atoms with Crippen LogP contribution in [0.15, 0.2) is 5.16 Å². The molecule has 0 amide bonds. The Morgan fingerprint density at radius 1 is 0.923 bits per heavy atom. The van der Waals surface area contributed by atoms with E-state index in [1.807, 2.05) is 0 Å². The largest absolute Gasteiger partial charge is 0.411 e. The summed E-state index contributed by atoms with van der Waals surface area (Å²) in [6.07, 6.45) is 1.72. The summed E-state index contributed by atoms with van der Waals surface area (Å²) in [5.41, 5.74) is 1.31. The molecule has 78 valence electrons. The van der Waals surface area contributed by atoms with E-state index < -0.39 is 0 Å². The molecule has 0 saturated heterocycles. The van der Waals surface area contributed by atoms with Gasteiger partial charge in [-0.15, -0.1) is 0 Å². The molecule has 0 radical (unpaired) electrons. The minimum absolute atomic E-state index is 0.201. The van der Waals surface area contributed by atoms with Gasteiger partial charge in [0.25, 0.3) is 0 Å². The van der Waals surface area contributed by atoms with Crippen molar-refractivity contribution in [1.29, 1.82) is 0 Å². The molecule has 2 heteroatoms. The standard InChI is InChI=1S/C11H23NO/c1-10(2,3)7-9(12-13)8-11(4,5)6/h13H,7-8H2,1-6H3. The lowest BCUT2D eigenvalue weighted by Gasteiger charge is -2.23. The molecule has 13 heavy (non-hydrogen) atoms. The van der Waals surface area contributed by atoms with Crippen molar-refractivity contribution in [2.75, 3.05) is 0 Å². The molecule has 0 saturated carbocycles. The Morgan fingerprint density at radius 2 is 1.23 bits per heavy atom. The SMILES string of the molecule is CC(C)(C)CC(CC(C)(C)C)=NO. The molecular formula is C11H23NO. The van der Waals surface area contributed by atoms with Gasteiger partial charge in [-0.25, -0.2) is 0 Å². The van der Waals surface area contributed by atoms with Crippen LogP contribution in [0.2, 0.25) is 0 Å². The molecule has 0 rings (SSSR count). The molecule has 0 aromatic carbocycles. The zero-order valence-electron chi connectivity index (χ0n) is 9.81. The van der Waals surface area contributed by atoms with Gasteiger partial charge in [-0.1, -0.05) is 46.7 Å². The van der Waals surface area contributed by atoms with Crippen LogP contribution < -0.4 is 0 Å². The molecule has 0 spiro atoms. The van der Waals surface area contributed by atoms with Crippen LogP contribution in [0.5, 0.6) is 0 Å². The fraction of sp³-hybridized carbons (Fsp3) is 0.909. The summed E-state index contributed by atoms with van der Waals surface area (Å²) in [5, 5.41) is 12.2. The summed E-state index contributed by atoms with van der Waals surface area (Å²) in [4.78, 5) is 0. The minimum Gasteiger partial charge on any atom is -0.411 e. The van der Waals surface area contributed by atoms with Crippen LogP contribution >= 0.6 is 0 Å². The third-order valence-electron chi connectivity index (χ3n) is 1.61. The second kappa shape index (κ2) is 4.12. The molecule has 0 bridgehead atoms. The van der Waals surface area contributed by atoms with Crippen molar-refractivity contribution in [3.63, 3.8) is 0 Å². The smallest absolute Gasteiger partial charge is 0.0581 e. The Morgan fingerprint density at radius 3 is 1.38 bits per heavy atom. The van der Waals surface area contributed by atoms with Crippen molar-refractivity contribution in [3.8, 4) is 0 Å². The van der Waals surface area contributed by atoms with E-state index in [1.54, 1.807) is 0 Å². The van der Waals surface area contributed by atoms with Gasteiger partial charge in [0.1, 0.15) is 0 Å². The summed E-state index contributed by atoms with van der Waals surface area (Å²) in [6.45, 7) is 12.9. The van der Waals surface area contributed by atoms with Crippen molar-refractivity contribution in [3.05, 3.63) is 0 Å². The second-order valence-electron chi connectivity index (χ2n) is 6.14. The quantitative estimate of drug-likeness (QED) is 0.397. The molecule has 0 heterocycles. The zero-order valence-corrected chi connectivity index (χ0v) is 9.81. The van der Waals surface area contributed by atoms with E-state index in [-0.39, 0.29) is 10.8 Å². The van der Waals surface area contributed by atoms with Crippen molar-refractivity contribution in [1.82, 2.24) is 0 Å². The van der Waals surface area contributed by atoms with Gasteiger partial charge in [-0.3, -0.25) is 0 Å². The van der Waals surface area contributed by atoms with Crippen LogP contribution in [0.3, 0.4) is 0 Å². The highest BCUT2D eigenvalue weighted by molar-refractivity contribution is 5.84. The lowest BCUT2D eigenvalue weighted by molar-refractivity contribution is 0.304. The first-order chi connectivity index (χ1) is 5.64. The first-order valence-corrected chi connectivity index (χ1v) is 4.84. The van der Waals surface area contributed by atoms with Gasteiger partial charge in [0.15, 0.2) is 0 Å².